The zero-order valence-electron chi connectivity index (χ0n) is 23.2. The smallest absolute Gasteiger partial charge is 0.405 e. The molecule has 1 aliphatic rings. The van der Waals surface area contributed by atoms with E-state index in [9.17, 15) is 18.0 Å². The Morgan fingerprint density at radius 3 is 2.63 bits per heavy atom. The zero-order valence-corrected chi connectivity index (χ0v) is 23.2. The van der Waals surface area contributed by atoms with Crippen LogP contribution in [0.5, 0.6) is 0 Å². The molecule has 1 aromatic carbocycles. The summed E-state index contributed by atoms with van der Waals surface area (Å²) in [6.07, 6.45) is -0.302. The summed E-state index contributed by atoms with van der Waals surface area (Å²) in [7, 11) is 0. The average Bonchev–Trinajstić information content (AvgIpc) is 2.95. The first-order valence-electron chi connectivity index (χ1n) is 13.6. The van der Waals surface area contributed by atoms with Crippen LogP contribution in [0, 0.1) is 0 Å². The molecule has 10 nitrogen and oxygen atoms in total. The molecule has 0 amide bonds. The predicted octanol–water partition coefficient (Wildman–Crippen LogP) is 4.20. The van der Waals surface area contributed by atoms with Gasteiger partial charge >= 0.3 is 12.1 Å². The molecule has 0 aliphatic carbocycles. The van der Waals surface area contributed by atoms with Crippen LogP contribution in [0.25, 0.3) is 11.3 Å². The lowest BCUT2D eigenvalue weighted by molar-refractivity contribution is -0.199. The van der Waals surface area contributed by atoms with E-state index in [0.29, 0.717) is 29.4 Å². The molecule has 222 valence electrons. The number of nitrogens with one attached hydrogen (secondary N) is 2. The predicted molar refractivity (Wildman–Crippen MR) is 153 cm³/mol. The normalized spacial score (nSPS) is 16.0. The number of carboxylic acids is 1. The first kappa shape index (κ1) is 31.7. The van der Waals surface area contributed by atoms with Crippen LogP contribution in [0.1, 0.15) is 25.8 Å². The van der Waals surface area contributed by atoms with Crippen molar-refractivity contribution in [3.63, 3.8) is 0 Å². The molecule has 0 spiro atoms. The van der Waals surface area contributed by atoms with Gasteiger partial charge in [-0.15, -0.1) is 0 Å². The van der Waals surface area contributed by atoms with Crippen LogP contribution in [0.2, 0.25) is 0 Å². The highest BCUT2D eigenvalue weighted by atomic mass is 19.4. The molecule has 5 N–H and O–H groups in total. The van der Waals surface area contributed by atoms with Gasteiger partial charge in [0.2, 0.25) is 5.95 Å². The number of alkyl halides is 3. The number of hydrogen-bond acceptors (Lipinski definition) is 9. The van der Waals surface area contributed by atoms with Crippen LogP contribution in [-0.4, -0.2) is 87.3 Å². The highest BCUT2D eigenvalue weighted by Crippen LogP contribution is 2.29. The van der Waals surface area contributed by atoms with Crippen LogP contribution in [0.15, 0.2) is 54.9 Å². The number of aliphatic carboxylic acids is 1. The van der Waals surface area contributed by atoms with E-state index in [-0.39, 0.29) is 26.2 Å². The Bertz CT molecular complexity index is 1240. The quantitative estimate of drug-likeness (QED) is 0.247. The van der Waals surface area contributed by atoms with Crippen molar-refractivity contribution in [1.29, 1.82) is 0 Å². The van der Waals surface area contributed by atoms with Crippen molar-refractivity contribution in [2.75, 3.05) is 49.9 Å². The van der Waals surface area contributed by atoms with Gasteiger partial charge in [0.25, 0.3) is 0 Å². The number of halogens is 3. The number of carbonyl (C=O) groups is 1. The summed E-state index contributed by atoms with van der Waals surface area (Å²) in [6, 6.07) is 10.8. The van der Waals surface area contributed by atoms with Crippen molar-refractivity contribution in [3.05, 3.63) is 60.4 Å². The molecular weight excluding hydrogens is 537 g/mol. The number of nitrogens with zero attached hydrogens (tertiary/aromatic N) is 5. The van der Waals surface area contributed by atoms with E-state index >= 15 is 0 Å². The molecule has 2 aromatic heterocycles. The maximum absolute atomic E-state index is 13.8. The molecule has 1 unspecified atom stereocenters. The lowest BCUT2D eigenvalue weighted by atomic mass is 10.1. The number of carboxylic acid groups (broad SMARTS) is 1. The highest BCUT2D eigenvalue weighted by molar-refractivity contribution is 5.69. The summed E-state index contributed by atoms with van der Waals surface area (Å²) >= 11 is 0. The molecule has 1 fully saturated rings. The second kappa shape index (κ2) is 15.3. The SMILES string of the molecule is CC.NCCCNc1ccc(-c2ccnc(Nc3cccc(CN4CCN(CC(=O)O)CC4C(F)(F)F)c3)n2)cn1. The van der Waals surface area contributed by atoms with Gasteiger partial charge in [0.05, 0.1) is 12.2 Å². The Morgan fingerprint density at radius 2 is 1.95 bits per heavy atom. The lowest BCUT2D eigenvalue weighted by Crippen LogP contribution is -2.59. The topological polar surface area (TPSA) is 133 Å². The van der Waals surface area contributed by atoms with Gasteiger partial charge in [0, 0.05) is 56.4 Å². The minimum Gasteiger partial charge on any atom is -0.480 e. The largest absolute Gasteiger partial charge is 0.480 e. The van der Waals surface area contributed by atoms with Crippen LogP contribution in [-0.2, 0) is 11.3 Å². The van der Waals surface area contributed by atoms with Gasteiger partial charge in [-0.25, -0.2) is 15.0 Å². The Labute approximate surface area is 237 Å². The van der Waals surface area contributed by atoms with Gasteiger partial charge in [-0.1, -0.05) is 26.0 Å². The summed E-state index contributed by atoms with van der Waals surface area (Å²) in [5, 5.41) is 15.3. The van der Waals surface area contributed by atoms with E-state index in [4.69, 9.17) is 10.8 Å². The van der Waals surface area contributed by atoms with Crippen molar-refractivity contribution in [3.8, 4) is 11.3 Å². The Balaban J connectivity index is 0.00000226. The monoisotopic (exact) mass is 574 g/mol. The van der Waals surface area contributed by atoms with E-state index in [0.717, 1.165) is 24.3 Å². The van der Waals surface area contributed by atoms with Crippen molar-refractivity contribution < 1.29 is 23.1 Å². The highest BCUT2D eigenvalue weighted by Gasteiger charge is 2.46. The second-order valence-electron chi connectivity index (χ2n) is 9.25. The number of pyridine rings is 1. The Morgan fingerprint density at radius 1 is 1.15 bits per heavy atom. The van der Waals surface area contributed by atoms with Crippen LogP contribution < -0.4 is 16.4 Å². The van der Waals surface area contributed by atoms with Gasteiger partial charge in [-0.05, 0) is 48.9 Å². The van der Waals surface area contributed by atoms with Crippen LogP contribution >= 0.6 is 0 Å². The van der Waals surface area contributed by atoms with Crippen LogP contribution in [0.4, 0.5) is 30.6 Å². The fourth-order valence-corrected chi connectivity index (χ4v) is 4.37. The maximum atomic E-state index is 13.8. The third kappa shape index (κ3) is 9.66. The number of anilines is 3. The Hall–Kier alpha value is -3.81. The van der Waals surface area contributed by atoms with Gasteiger partial charge in [0.15, 0.2) is 0 Å². The molecule has 4 rings (SSSR count). The van der Waals surface area contributed by atoms with E-state index in [1.807, 2.05) is 26.0 Å². The van der Waals surface area contributed by atoms with Gasteiger partial charge < -0.3 is 21.5 Å². The molecule has 41 heavy (non-hydrogen) atoms. The summed E-state index contributed by atoms with van der Waals surface area (Å²) in [5.74, 6) is -0.0595. The van der Waals surface area contributed by atoms with E-state index in [1.54, 1.807) is 42.7 Å². The molecule has 3 aromatic rings. The lowest BCUT2D eigenvalue weighted by Gasteiger charge is -2.41. The fraction of sp³-hybridized carbons (Fsp3) is 0.429. The molecule has 1 atom stereocenters. The molecule has 0 saturated carbocycles. The number of hydrogen-bond donors (Lipinski definition) is 4. The second-order valence-corrected chi connectivity index (χ2v) is 9.25. The third-order valence-electron chi connectivity index (χ3n) is 6.28. The molecule has 0 bridgehead atoms. The summed E-state index contributed by atoms with van der Waals surface area (Å²) in [6.45, 7) is 4.97. The first-order valence-corrected chi connectivity index (χ1v) is 13.6. The molecule has 1 aliphatic heterocycles. The standard InChI is InChI=1S/C26H31F3N8O2.C2H6/c27-26(28,29)22-16-36(17-24(38)39)11-12-37(22)15-18-3-1-4-20(13-18)34-25-32-10-7-21(35-25)19-5-6-23(33-14-19)31-9-2-8-30;1-2/h1,3-7,10,13-14,22H,2,8-9,11-12,15-17,30H2,(H,31,33)(H,38,39)(H,32,34,35);1-2H3. The summed E-state index contributed by atoms with van der Waals surface area (Å²) in [5.41, 5.74) is 8.29. The van der Waals surface area contributed by atoms with Gasteiger partial charge in [-0.2, -0.15) is 13.2 Å². The van der Waals surface area contributed by atoms with Crippen molar-refractivity contribution >= 4 is 23.4 Å². The number of rotatable bonds is 11. The number of aromatic nitrogens is 3. The first-order chi connectivity index (χ1) is 19.7. The molecule has 0 radical (unpaired) electrons. The summed E-state index contributed by atoms with van der Waals surface area (Å²) in [4.78, 5) is 26.9. The van der Waals surface area contributed by atoms with E-state index < -0.39 is 24.7 Å². The number of piperazine rings is 1. The van der Waals surface area contributed by atoms with Gasteiger partial charge in [0.1, 0.15) is 11.9 Å². The zero-order chi connectivity index (χ0) is 29.8. The summed E-state index contributed by atoms with van der Waals surface area (Å²) < 4.78 is 41.4. The average molecular weight is 575 g/mol. The molecule has 13 heteroatoms. The van der Waals surface area contributed by atoms with Crippen molar-refractivity contribution in [2.24, 2.45) is 5.73 Å². The minimum atomic E-state index is -4.48. The maximum Gasteiger partial charge on any atom is 0.405 e. The van der Waals surface area contributed by atoms with E-state index in [2.05, 4.69) is 25.6 Å². The van der Waals surface area contributed by atoms with E-state index in [1.165, 1.54) is 9.80 Å². The van der Waals surface area contributed by atoms with Crippen molar-refractivity contribution in [2.45, 2.75) is 39.0 Å². The minimum absolute atomic E-state index is 0.0683. The van der Waals surface area contributed by atoms with Gasteiger partial charge in [-0.3, -0.25) is 14.6 Å². The van der Waals surface area contributed by atoms with Crippen LogP contribution in [0.3, 0.4) is 0 Å². The fourth-order valence-electron chi connectivity index (χ4n) is 4.37. The number of benzene rings is 1. The number of nitrogens with two attached hydrogens (primary N) is 1. The molecule has 3 heterocycles. The molecule has 1 saturated heterocycles. The van der Waals surface area contributed by atoms with Crippen molar-refractivity contribution in [1.82, 2.24) is 24.8 Å². The molecular formula is C28H37F3N8O2. The Kier molecular flexibility index (Phi) is 11.8. The third-order valence-corrected chi connectivity index (χ3v) is 6.28.